The molecular formula is C15H13F3N2O2. The summed E-state index contributed by atoms with van der Waals surface area (Å²) in [7, 11) is 0. The number of aromatic nitrogens is 2. The van der Waals surface area contributed by atoms with Gasteiger partial charge in [-0.3, -0.25) is 0 Å². The fraction of sp³-hybridized carbons (Fsp3) is 0.267. The highest BCUT2D eigenvalue weighted by Crippen LogP contribution is 2.27. The van der Waals surface area contributed by atoms with Crippen LogP contribution in [0.15, 0.2) is 36.5 Å². The smallest absolute Gasteiger partial charge is 0.451 e. The van der Waals surface area contributed by atoms with Crippen molar-refractivity contribution in [3.05, 3.63) is 59.2 Å². The largest absolute Gasteiger partial charge is 0.462 e. The summed E-state index contributed by atoms with van der Waals surface area (Å²) >= 11 is 0. The number of halogens is 3. The molecule has 0 fully saturated rings. The number of ether oxygens (including phenoxy) is 1. The molecule has 0 saturated carbocycles. The van der Waals surface area contributed by atoms with Crippen molar-refractivity contribution in [1.82, 2.24) is 9.97 Å². The highest BCUT2D eigenvalue weighted by Gasteiger charge is 2.35. The summed E-state index contributed by atoms with van der Waals surface area (Å²) in [5.41, 5.74) is 0.672. The molecular weight excluding hydrogens is 297 g/mol. The van der Waals surface area contributed by atoms with Gasteiger partial charge in [0.15, 0.2) is 0 Å². The van der Waals surface area contributed by atoms with Crippen molar-refractivity contribution in [1.29, 1.82) is 0 Å². The Bertz CT molecular complexity index is 658. The molecule has 2 aromatic rings. The van der Waals surface area contributed by atoms with Crippen LogP contribution in [0.1, 0.15) is 34.4 Å². The molecule has 1 heterocycles. The van der Waals surface area contributed by atoms with Gasteiger partial charge in [0.05, 0.1) is 17.9 Å². The van der Waals surface area contributed by atoms with Gasteiger partial charge in [0.25, 0.3) is 0 Å². The van der Waals surface area contributed by atoms with E-state index in [0.717, 1.165) is 11.8 Å². The lowest BCUT2D eigenvalue weighted by Crippen LogP contribution is -2.17. The zero-order valence-corrected chi connectivity index (χ0v) is 11.7. The summed E-state index contributed by atoms with van der Waals surface area (Å²) in [6.07, 6.45) is -3.72. The van der Waals surface area contributed by atoms with Gasteiger partial charge in [-0.05, 0) is 12.5 Å². The van der Waals surface area contributed by atoms with Crippen molar-refractivity contribution < 1.29 is 22.7 Å². The molecule has 1 aromatic carbocycles. The first kappa shape index (κ1) is 15.9. The molecule has 0 amide bonds. The lowest BCUT2D eigenvalue weighted by atomic mass is 10.1. The highest BCUT2D eigenvalue weighted by atomic mass is 19.4. The van der Waals surface area contributed by atoms with Crippen LogP contribution in [-0.4, -0.2) is 22.5 Å². The molecule has 0 aliphatic carbocycles. The number of carbonyl (C=O) groups excluding carboxylic acids is 1. The molecule has 0 aliphatic heterocycles. The highest BCUT2D eigenvalue weighted by molar-refractivity contribution is 5.90. The Morgan fingerprint density at radius 2 is 1.91 bits per heavy atom. The second kappa shape index (κ2) is 6.55. The fourth-order valence-electron chi connectivity index (χ4n) is 1.86. The van der Waals surface area contributed by atoms with Crippen LogP contribution in [0.25, 0.3) is 0 Å². The maximum Gasteiger partial charge on any atom is 0.451 e. The first-order valence-electron chi connectivity index (χ1n) is 6.56. The van der Waals surface area contributed by atoms with Crippen molar-refractivity contribution in [2.24, 2.45) is 0 Å². The Hall–Kier alpha value is -2.44. The number of esters is 1. The maximum atomic E-state index is 12.7. The SMILES string of the molecule is CCOC(=O)c1cnc(C(F)(F)F)nc1Cc1ccccc1. The van der Waals surface area contributed by atoms with E-state index in [1.807, 2.05) is 0 Å². The topological polar surface area (TPSA) is 52.1 Å². The summed E-state index contributed by atoms with van der Waals surface area (Å²) in [5.74, 6) is -2.01. The molecule has 0 aliphatic rings. The average molecular weight is 310 g/mol. The van der Waals surface area contributed by atoms with Crippen LogP contribution in [0.5, 0.6) is 0 Å². The second-order valence-electron chi connectivity index (χ2n) is 4.43. The zero-order chi connectivity index (χ0) is 16.2. The minimum Gasteiger partial charge on any atom is -0.462 e. The monoisotopic (exact) mass is 310 g/mol. The normalized spacial score (nSPS) is 11.3. The summed E-state index contributed by atoms with van der Waals surface area (Å²) in [4.78, 5) is 18.6. The molecule has 1 aromatic heterocycles. The molecule has 2 rings (SSSR count). The third kappa shape index (κ3) is 3.81. The van der Waals surface area contributed by atoms with Gasteiger partial charge in [-0.2, -0.15) is 13.2 Å². The van der Waals surface area contributed by atoms with Crippen LogP contribution in [0.2, 0.25) is 0 Å². The van der Waals surface area contributed by atoms with E-state index in [1.165, 1.54) is 0 Å². The maximum absolute atomic E-state index is 12.7. The molecule has 0 atom stereocenters. The molecule has 0 bridgehead atoms. The number of hydrogen-bond donors (Lipinski definition) is 0. The molecule has 0 spiro atoms. The quantitative estimate of drug-likeness (QED) is 0.813. The number of rotatable bonds is 4. The number of alkyl halides is 3. The van der Waals surface area contributed by atoms with E-state index >= 15 is 0 Å². The standard InChI is InChI=1S/C15H13F3N2O2/c1-2-22-13(21)11-9-19-14(15(16,17)18)20-12(11)8-10-6-4-3-5-7-10/h3-7,9H,2,8H2,1H3. The average Bonchev–Trinajstić information content (AvgIpc) is 2.47. The van der Waals surface area contributed by atoms with Crippen molar-refractivity contribution >= 4 is 5.97 Å². The van der Waals surface area contributed by atoms with Crippen molar-refractivity contribution in [2.75, 3.05) is 6.61 Å². The Labute approximate surface area is 125 Å². The Morgan fingerprint density at radius 1 is 1.23 bits per heavy atom. The molecule has 0 saturated heterocycles. The van der Waals surface area contributed by atoms with Crippen LogP contribution >= 0.6 is 0 Å². The Kier molecular flexibility index (Phi) is 4.75. The first-order valence-corrected chi connectivity index (χ1v) is 6.56. The van der Waals surface area contributed by atoms with Gasteiger partial charge in [0, 0.05) is 12.6 Å². The van der Waals surface area contributed by atoms with Gasteiger partial charge in [0.2, 0.25) is 5.82 Å². The van der Waals surface area contributed by atoms with E-state index in [2.05, 4.69) is 9.97 Å². The van der Waals surface area contributed by atoms with Gasteiger partial charge in [-0.15, -0.1) is 0 Å². The lowest BCUT2D eigenvalue weighted by molar-refractivity contribution is -0.145. The third-order valence-electron chi connectivity index (χ3n) is 2.83. The van der Waals surface area contributed by atoms with Gasteiger partial charge in [-0.1, -0.05) is 30.3 Å². The Balaban J connectivity index is 2.43. The van der Waals surface area contributed by atoms with Gasteiger partial charge in [0.1, 0.15) is 0 Å². The third-order valence-corrected chi connectivity index (χ3v) is 2.83. The van der Waals surface area contributed by atoms with E-state index in [9.17, 15) is 18.0 Å². The minimum atomic E-state index is -4.67. The van der Waals surface area contributed by atoms with Crippen LogP contribution in [0.3, 0.4) is 0 Å². The van der Waals surface area contributed by atoms with Crippen LogP contribution < -0.4 is 0 Å². The number of nitrogens with zero attached hydrogens (tertiary/aromatic N) is 2. The molecule has 4 nitrogen and oxygen atoms in total. The van der Waals surface area contributed by atoms with Crippen LogP contribution in [0, 0.1) is 0 Å². The molecule has 116 valence electrons. The van der Waals surface area contributed by atoms with Crippen LogP contribution in [-0.2, 0) is 17.3 Å². The molecule has 7 heteroatoms. The van der Waals surface area contributed by atoms with Crippen molar-refractivity contribution in [3.8, 4) is 0 Å². The van der Waals surface area contributed by atoms with Gasteiger partial charge in [-0.25, -0.2) is 14.8 Å². The van der Waals surface area contributed by atoms with E-state index in [1.54, 1.807) is 37.3 Å². The molecule has 0 N–H and O–H groups in total. The summed E-state index contributed by atoms with van der Waals surface area (Å²) < 4.78 is 43.1. The Morgan fingerprint density at radius 3 is 2.50 bits per heavy atom. The van der Waals surface area contributed by atoms with E-state index in [4.69, 9.17) is 4.74 Å². The van der Waals surface area contributed by atoms with Crippen molar-refractivity contribution in [3.63, 3.8) is 0 Å². The molecule has 0 unspecified atom stereocenters. The summed E-state index contributed by atoms with van der Waals surface area (Å²) in [6, 6.07) is 8.78. The fourth-order valence-corrected chi connectivity index (χ4v) is 1.86. The lowest BCUT2D eigenvalue weighted by Gasteiger charge is -2.11. The van der Waals surface area contributed by atoms with Gasteiger partial charge < -0.3 is 4.74 Å². The first-order chi connectivity index (χ1) is 10.4. The minimum absolute atomic E-state index is 0.00743. The number of benzene rings is 1. The van der Waals surface area contributed by atoms with E-state index < -0.39 is 18.0 Å². The predicted molar refractivity (Wildman–Crippen MR) is 72.2 cm³/mol. The van der Waals surface area contributed by atoms with Crippen LogP contribution in [0.4, 0.5) is 13.2 Å². The molecule has 0 radical (unpaired) electrons. The number of hydrogen-bond acceptors (Lipinski definition) is 4. The zero-order valence-electron chi connectivity index (χ0n) is 11.7. The van der Waals surface area contributed by atoms with Gasteiger partial charge >= 0.3 is 12.1 Å². The van der Waals surface area contributed by atoms with E-state index in [-0.39, 0.29) is 24.3 Å². The van der Waals surface area contributed by atoms with Crippen molar-refractivity contribution in [2.45, 2.75) is 19.5 Å². The number of carbonyl (C=O) groups is 1. The predicted octanol–water partition coefficient (Wildman–Crippen LogP) is 3.26. The van der Waals surface area contributed by atoms with E-state index in [0.29, 0.717) is 0 Å². The second-order valence-corrected chi connectivity index (χ2v) is 4.43. The summed E-state index contributed by atoms with van der Waals surface area (Å²) in [6.45, 7) is 1.73. The molecule has 22 heavy (non-hydrogen) atoms. The summed E-state index contributed by atoms with van der Waals surface area (Å²) in [5, 5.41) is 0.